The minimum Gasteiger partial charge on any atom is -0.486 e. The van der Waals surface area contributed by atoms with Gasteiger partial charge in [-0.1, -0.05) is 6.07 Å². The van der Waals surface area contributed by atoms with Crippen LogP contribution in [0.2, 0.25) is 0 Å². The molecule has 0 unspecified atom stereocenters. The zero-order valence-electron chi connectivity index (χ0n) is 12.2. The molecule has 1 aromatic carbocycles. The maximum atomic E-state index is 11.3. The van der Waals surface area contributed by atoms with Gasteiger partial charge in [0.25, 0.3) is 0 Å². The van der Waals surface area contributed by atoms with Gasteiger partial charge < -0.3 is 15.2 Å². The number of nitrogens with two attached hydrogens (primary N) is 1. The summed E-state index contributed by atoms with van der Waals surface area (Å²) in [7, 11) is 0. The van der Waals surface area contributed by atoms with Crippen molar-refractivity contribution in [2.75, 3.05) is 19.8 Å². The minimum absolute atomic E-state index is 0.226. The number of thiophene rings is 1. The Kier molecular flexibility index (Phi) is 4.60. The molecule has 2 heterocycles. The van der Waals surface area contributed by atoms with Crippen molar-refractivity contribution < 1.29 is 14.3 Å². The van der Waals surface area contributed by atoms with Gasteiger partial charge in [-0.05, 0) is 40.1 Å². The highest BCUT2D eigenvalue weighted by Crippen LogP contribution is 2.31. The standard InChI is InChI=1S/C16H18N2O3S/c17-16(19)10-18(9-13-3-6-22-11-13)8-12-1-2-14-15(7-12)21-5-4-20-14/h1-3,6-7,11H,4-5,8-10H2,(H2,17,19). The number of hydrogen-bond acceptors (Lipinski definition) is 5. The molecule has 0 atom stereocenters. The second kappa shape index (κ2) is 6.81. The maximum Gasteiger partial charge on any atom is 0.231 e. The second-order valence-electron chi connectivity index (χ2n) is 5.22. The molecule has 1 aliphatic rings. The van der Waals surface area contributed by atoms with E-state index in [1.54, 1.807) is 11.3 Å². The fraction of sp³-hybridized carbons (Fsp3) is 0.312. The molecule has 0 saturated heterocycles. The van der Waals surface area contributed by atoms with E-state index in [0.29, 0.717) is 26.3 Å². The molecule has 0 saturated carbocycles. The molecular formula is C16H18N2O3S. The Bertz CT molecular complexity index is 643. The van der Waals surface area contributed by atoms with Gasteiger partial charge in [0.15, 0.2) is 11.5 Å². The van der Waals surface area contributed by atoms with Crippen LogP contribution in [0.1, 0.15) is 11.1 Å². The molecule has 1 aliphatic heterocycles. The first-order valence-electron chi connectivity index (χ1n) is 7.11. The highest BCUT2D eigenvalue weighted by Gasteiger charge is 2.15. The summed E-state index contributed by atoms with van der Waals surface area (Å²) >= 11 is 1.65. The summed E-state index contributed by atoms with van der Waals surface area (Å²) in [6.07, 6.45) is 0. The predicted octanol–water partition coefficient (Wildman–Crippen LogP) is 2.01. The molecule has 0 aliphatic carbocycles. The monoisotopic (exact) mass is 318 g/mol. The molecule has 3 rings (SSSR count). The molecule has 0 radical (unpaired) electrons. The van der Waals surface area contributed by atoms with E-state index in [0.717, 1.165) is 17.1 Å². The second-order valence-corrected chi connectivity index (χ2v) is 6.00. The lowest BCUT2D eigenvalue weighted by Crippen LogP contribution is -2.33. The Morgan fingerprint density at radius 2 is 1.91 bits per heavy atom. The Balaban J connectivity index is 1.73. The number of carbonyl (C=O) groups excluding carboxylic acids is 1. The molecule has 2 aromatic rings. The fourth-order valence-electron chi connectivity index (χ4n) is 2.47. The van der Waals surface area contributed by atoms with E-state index >= 15 is 0 Å². The third-order valence-electron chi connectivity index (χ3n) is 3.38. The average molecular weight is 318 g/mol. The van der Waals surface area contributed by atoms with Crippen molar-refractivity contribution in [3.8, 4) is 11.5 Å². The first kappa shape index (κ1) is 14.9. The Hall–Kier alpha value is -2.05. The Morgan fingerprint density at radius 1 is 1.14 bits per heavy atom. The first-order chi connectivity index (χ1) is 10.7. The lowest BCUT2D eigenvalue weighted by molar-refractivity contribution is -0.119. The van der Waals surface area contributed by atoms with Gasteiger partial charge in [-0.2, -0.15) is 11.3 Å². The number of carbonyl (C=O) groups is 1. The zero-order chi connectivity index (χ0) is 15.4. The van der Waals surface area contributed by atoms with Crippen LogP contribution < -0.4 is 15.2 Å². The van der Waals surface area contributed by atoms with Crippen molar-refractivity contribution in [1.29, 1.82) is 0 Å². The smallest absolute Gasteiger partial charge is 0.231 e. The van der Waals surface area contributed by atoms with E-state index in [1.165, 1.54) is 5.56 Å². The molecular weight excluding hydrogens is 300 g/mol. The maximum absolute atomic E-state index is 11.3. The number of fused-ring (bicyclic) bond motifs is 1. The first-order valence-corrected chi connectivity index (χ1v) is 8.05. The van der Waals surface area contributed by atoms with Crippen LogP contribution in [-0.4, -0.2) is 30.6 Å². The van der Waals surface area contributed by atoms with E-state index in [9.17, 15) is 4.79 Å². The van der Waals surface area contributed by atoms with Crippen molar-refractivity contribution >= 4 is 17.2 Å². The molecule has 6 heteroatoms. The van der Waals surface area contributed by atoms with Crippen LogP contribution in [0.3, 0.4) is 0 Å². The van der Waals surface area contributed by atoms with E-state index < -0.39 is 0 Å². The van der Waals surface area contributed by atoms with Gasteiger partial charge in [-0.25, -0.2) is 0 Å². The summed E-state index contributed by atoms with van der Waals surface area (Å²) in [4.78, 5) is 13.3. The van der Waals surface area contributed by atoms with Crippen LogP contribution >= 0.6 is 11.3 Å². The molecule has 2 N–H and O–H groups in total. The van der Waals surface area contributed by atoms with Crippen LogP contribution in [0.15, 0.2) is 35.0 Å². The number of benzene rings is 1. The summed E-state index contributed by atoms with van der Waals surface area (Å²) in [5, 5.41) is 4.11. The summed E-state index contributed by atoms with van der Waals surface area (Å²) in [6, 6.07) is 7.94. The Labute approximate surface area is 133 Å². The van der Waals surface area contributed by atoms with Crippen molar-refractivity contribution in [2.45, 2.75) is 13.1 Å². The summed E-state index contributed by atoms with van der Waals surface area (Å²) < 4.78 is 11.1. The van der Waals surface area contributed by atoms with Gasteiger partial charge in [-0.3, -0.25) is 9.69 Å². The fourth-order valence-corrected chi connectivity index (χ4v) is 3.13. The zero-order valence-corrected chi connectivity index (χ0v) is 13.0. The third kappa shape index (κ3) is 3.78. The van der Waals surface area contributed by atoms with Crippen LogP contribution in [-0.2, 0) is 17.9 Å². The van der Waals surface area contributed by atoms with E-state index in [-0.39, 0.29) is 12.5 Å². The van der Waals surface area contributed by atoms with Crippen LogP contribution in [0, 0.1) is 0 Å². The topological polar surface area (TPSA) is 64.8 Å². The quantitative estimate of drug-likeness (QED) is 0.885. The highest BCUT2D eigenvalue weighted by molar-refractivity contribution is 7.07. The number of hydrogen-bond donors (Lipinski definition) is 1. The van der Waals surface area contributed by atoms with E-state index in [1.807, 2.05) is 28.5 Å². The average Bonchev–Trinajstić information content (AvgIpc) is 2.99. The SMILES string of the molecule is NC(=O)CN(Cc1ccsc1)Cc1ccc2c(c1)OCCO2. The molecule has 5 nitrogen and oxygen atoms in total. The van der Waals surface area contributed by atoms with E-state index in [4.69, 9.17) is 15.2 Å². The van der Waals surface area contributed by atoms with E-state index in [2.05, 4.69) is 11.4 Å². The molecule has 22 heavy (non-hydrogen) atoms. The van der Waals surface area contributed by atoms with Crippen molar-refractivity contribution in [3.63, 3.8) is 0 Å². The molecule has 1 amide bonds. The Morgan fingerprint density at radius 3 is 2.64 bits per heavy atom. The summed E-state index contributed by atoms with van der Waals surface area (Å²) in [5.74, 6) is 1.21. The molecule has 0 fully saturated rings. The van der Waals surface area contributed by atoms with Crippen LogP contribution in [0.25, 0.3) is 0 Å². The van der Waals surface area contributed by atoms with Crippen molar-refractivity contribution in [1.82, 2.24) is 4.90 Å². The summed E-state index contributed by atoms with van der Waals surface area (Å²) in [5.41, 5.74) is 7.62. The lowest BCUT2D eigenvalue weighted by Gasteiger charge is -2.22. The largest absolute Gasteiger partial charge is 0.486 e. The van der Waals surface area contributed by atoms with Gasteiger partial charge in [0.05, 0.1) is 6.54 Å². The van der Waals surface area contributed by atoms with Gasteiger partial charge in [0, 0.05) is 13.1 Å². The van der Waals surface area contributed by atoms with Crippen molar-refractivity contribution in [2.24, 2.45) is 5.73 Å². The molecule has 0 bridgehead atoms. The molecule has 116 valence electrons. The highest BCUT2D eigenvalue weighted by atomic mass is 32.1. The molecule has 0 spiro atoms. The number of ether oxygens (including phenoxy) is 2. The van der Waals surface area contributed by atoms with Gasteiger partial charge >= 0.3 is 0 Å². The summed E-state index contributed by atoms with van der Waals surface area (Å²) in [6.45, 7) is 2.70. The van der Waals surface area contributed by atoms with Crippen LogP contribution in [0.5, 0.6) is 11.5 Å². The normalized spacial score (nSPS) is 13.3. The predicted molar refractivity (Wildman–Crippen MR) is 85.1 cm³/mol. The number of primary amides is 1. The number of rotatable bonds is 6. The van der Waals surface area contributed by atoms with Gasteiger partial charge in [0.1, 0.15) is 13.2 Å². The number of nitrogens with zero attached hydrogens (tertiary/aromatic N) is 1. The van der Waals surface area contributed by atoms with Crippen LogP contribution in [0.4, 0.5) is 0 Å². The third-order valence-corrected chi connectivity index (χ3v) is 4.11. The number of amides is 1. The lowest BCUT2D eigenvalue weighted by atomic mass is 10.1. The molecule has 1 aromatic heterocycles. The van der Waals surface area contributed by atoms with Gasteiger partial charge in [-0.15, -0.1) is 0 Å². The minimum atomic E-state index is -0.326. The van der Waals surface area contributed by atoms with Crippen molar-refractivity contribution in [3.05, 3.63) is 46.2 Å². The van der Waals surface area contributed by atoms with Gasteiger partial charge in [0.2, 0.25) is 5.91 Å².